The van der Waals surface area contributed by atoms with Crippen LogP contribution in [-0.4, -0.2) is 10.7 Å². The minimum Gasteiger partial charge on any atom is -0.390 e. The highest BCUT2D eigenvalue weighted by atomic mass is 16.3. The fourth-order valence-corrected chi connectivity index (χ4v) is 2.60. The van der Waals surface area contributed by atoms with Crippen molar-refractivity contribution in [2.75, 3.05) is 0 Å². The molecule has 1 aliphatic carbocycles. The SMILES string of the molecule is C=CCCC(C)(O)C1CCCC(C)C1. The topological polar surface area (TPSA) is 20.2 Å². The molecule has 0 aromatic heterocycles. The van der Waals surface area contributed by atoms with Crippen molar-refractivity contribution in [3.05, 3.63) is 12.7 Å². The lowest BCUT2D eigenvalue weighted by molar-refractivity contribution is -0.0301. The van der Waals surface area contributed by atoms with Crippen LogP contribution >= 0.6 is 0 Å². The van der Waals surface area contributed by atoms with Crippen molar-refractivity contribution >= 4 is 0 Å². The first-order valence-electron chi connectivity index (χ1n) is 5.89. The Morgan fingerprint density at radius 1 is 1.50 bits per heavy atom. The van der Waals surface area contributed by atoms with Crippen molar-refractivity contribution in [1.82, 2.24) is 0 Å². The molecule has 3 atom stereocenters. The van der Waals surface area contributed by atoms with Gasteiger partial charge in [-0.25, -0.2) is 0 Å². The normalized spacial score (nSPS) is 32.2. The summed E-state index contributed by atoms with van der Waals surface area (Å²) in [7, 11) is 0. The van der Waals surface area contributed by atoms with E-state index in [-0.39, 0.29) is 0 Å². The quantitative estimate of drug-likeness (QED) is 0.682. The molecular formula is C13H24O. The molecule has 1 N–H and O–H groups in total. The van der Waals surface area contributed by atoms with Crippen LogP contribution < -0.4 is 0 Å². The molecule has 0 aliphatic heterocycles. The van der Waals surface area contributed by atoms with E-state index in [4.69, 9.17) is 0 Å². The molecule has 1 heteroatoms. The van der Waals surface area contributed by atoms with Crippen LogP contribution in [0.4, 0.5) is 0 Å². The smallest absolute Gasteiger partial charge is 0.0650 e. The Labute approximate surface area is 88.2 Å². The zero-order chi connectivity index (χ0) is 10.6. The van der Waals surface area contributed by atoms with E-state index < -0.39 is 5.60 Å². The fourth-order valence-electron chi connectivity index (χ4n) is 2.60. The molecule has 1 saturated carbocycles. The van der Waals surface area contributed by atoms with Gasteiger partial charge in [0.1, 0.15) is 0 Å². The van der Waals surface area contributed by atoms with Crippen LogP contribution in [0, 0.1) is 11.8 Å². The molecule has 0 aromatic rings. The molecule has 0 amide bonds. The summed E-state index contributed by atoms with van der Waals surface area (Å²) >= 11 is 0. The number of aliphatic hydroxyl groups is 1. The minimum absolute atomic E-state index is 0.469. The highest BCUT2D eigenvalue weighted by molar-refractivity contribution is 4.87. The van der Waals surface area contributed by atoms with Crippen molar-refractivity contribution in [1.29, 1.82) is 0 Å². The molecule has 1 nitrogen and oxygen atoms in total. The van der Waals surface area contributed by atoms with Crippen LogP contribution in [0.25, 0.3) is 0 Å². The molecule has 1 aliphatic rings. The highest BCUT2D eigenvalue weighted by Crippen LogP contribution is 2.37. The maximum absolute atomic E-state index is 10.3. The molecule has 14 heavy (non-hydrogen) atoms. The van der Waals surface area contributed by atoms with E-state index in [9.17, 15) is 5.11 Å². The average Bonchev–Trinajstić information content (AvgIpc) is 2.15. The third-order valence-corrected chi connectivity index (χ3v) is 3.67. The van der Waals surface area contributed by atoms with E-state index in [1.807, 2.05) is 13.0 Å². The van der Waals surface area contributed by atoms with Gasteiger partial charge < -0.3 is 5.11 Å². The van der Waals surface area contributed by atoms with Gasteiger partial charge in [0.15, 0.2) is 0 Å². The lowest BCUT2D eigenvalue weighted by Crippen LogP contribution is -2.37. The van der Waals surface area contributed by atoms with Gasteiger partial charge in [-0.2, -0.15) is 0 Å². The molecule has 0 bridgehead atoms. The number of hydrogen-bond acceptors (Lipinski definition) is 1. The molecule has 3 unspecified atom stereocenters. The van der Waals surface area contributed by atoms with Gasteiger partial charge in [-0.3, -0.25) is 0 Å². The van der Waals surface area contributed by atoms with Crippen molar-refractivity contribution in [2.45, 2.75) is 58.0 Å². The Hall–Kier alpha value is -0.300. The molecule has 0 radical (unpaired) electrons. The first-order valence-corrected chi connectivity index (χ1v) is 5.89. The molecular weight excluding hydrogens is 172 g/mol. The summed E-state index contributed by atoms with van der Waals surface area (Å²) < 4.78 is 0. The maximum atomic E-state index is 10.3. The van der Waals surface area contributed by atoms with Crippen LogP contribution in [0.3, 0.4) is 0 Å². The maximum Gasteiger partial charge on any atom is 0.0650 e. The summed E-state index contributed by atoms with van der Waals surface area (Å²) in [5.74, 6) is 1.30. The predicted molar refractivity (Wildman–Crippen MR) is 61.2 cm³/mol. The first kappa shape index (κ1) is 11.8. The summed E-state index contributed by atoms with van der Waals surface area (Å²) in [6.45, 7) is 8.01. The van der Waals surface area contributed by atoms with Crippen molar-refractivity contribution in [2.24, 2.45) is 11.8 Å². The van der Waals surface area contributed by atoms with E-state index in [1.54, 1.807) is 0 Å². The van der Waals surface area contributed by atoms with E-state index in [0.29, 0.717) is 5.92 Å². The standard InChI is InChI=1S/C13H24O/c1-4-5-9-13(3,14)12-8-6-7-11(2)10-12/h4,11-12,14H,1,5-10H2,2-3H3. The van der Waals surface area contributed by atoms with Crippen molar-refractivity contribution < 1.29 is 5.11 Å². The second-order valence-corrected chi connectivity index (χ2v) is 5.15. The minimum atomic E-state index is -0.469. The van der Waals surface area contributed by atoms with Crippen LogP contribution in [0.5, 0.6) is 0 Å². The summed E-state index contributed by atoms with van der Waals surface area (Å²) in [4.78, 5) is 0. The van der Waals surface area contributed by atoms with Crippen LogP contribution in [0.1, 0.15) is 52.4 Å². The van der Waals surface area contributed by atoms with Gasteiger partial charge in [0.2, 0.25) is 0 Å². The molecule has 82 valence electrons. The number of rotatable bonds is 4. The van der Waals surface area contributed by atoms with E-state index in [2.05, 4.69) is 13.5 Å². The Kier molecular flexibility index (Phi) is 4.18. The van der Waals surface area contributed by atoms with Gasteiger partial charge in [0.25, 0.3) is 0 Å². The zero-order valence-electron chi connectivity index (χ0n) is 9.63. The molecule has 0 spiro atoms. The monoisotopic (exact) mass is 196 g/mol. The molecule has 1 fully saturated rings. The summed E-state index contributed by atoms with van der Waals surface area (Å²) in [5.41, 5.74) is -0.469. The van der Waals surface area contributed by atoms with Crippen molar-refractivity contribution in [3.8, 4) is 0 Å². The van der Waals surface area contributed by atoms with Crippen LogP contribution in [0.15, 0.2) is 12.7 Å². The largest absolute Gasteiger partial charge is 0.390 e. The summed E-state index contributed by atoms with van der Waals surface area (Å²) in [6, 6.07) is 0. The second kappa shape index (κ2) is 4.97. The lowest BCUT2D eigenvalue weighted by Gasteiger charge is -2.37. The Balaban J connectivity index is 2.47. The van der Waals surface area contributed by atoms with Gasteiger partial charge in [0, 0.05) is 0 Å². The van der Waals surface area contributed by atoms with Crippen molar-refractivity contribution in [3.63, 3.8) is 0 Å². The van der Waals surface area contributed by atoms with Crippen LogP contribution in [0.2, 0.25) is 0 Å². The molecule has 0 heterocycles. The average molecular weight is 196 g/mol. The first-order chi connectivity index (χ1) is 6.56. The third kappa shape index (κ3) is 3.13. The molecule has 0 aromatic carbocycles. The molecule has 0 saturated heterocycles. The lowest BCUT2D eigenvalue weighted by atomic mass is 9.72. The number of hydrogen-bond donors (Lipinski definition) is 1. The number of allylic oxidation sites excluding steroid dienone is 1. The Bertz CT molecular complexity index is 184. The Morgan fingerprint density at radius 2 is 2.21 bits per heavy atom. The second-order valence-electron chi connectivity index (χ2n) is 5.15. The Morgan fingerprint density at radius 3 is 2.79 bits per heavy atom. The van der Waals surface area contributed by atoms with Gasteiger partial charge in [-0.05, 0) is 44.4 Å². The van der Waals surface area contributed by atoms with Crippen LogP contribution in [-0.2, 0) is 0 Å². The van der Waals surface area contributed by atoms with Gasteiger partial charge >= 0.3 is 0 Å². The summed E-state index contributed by atoms with van der Waals surface area (Å²) in [5, 5.41) is 10.3. The van der Waals surface area contributed by atoms with Gasteiger partial charge in [-0.1, -0.05) is 25.8 Å². The highest BCUT2D eigenvalue weighted by Gasteiger charge is 2.33. The predicted octanol–water partition coefficient (Wildman–Crippen LogP) is 3.53. The van der Waals surface area contributed by atoms with Gasteiger partial charge in [0.05, 0.1) is 5.60 Å². The zero-order valence-corrected chi connectivity index (χ0v) is 9.63. The molecule has 1 rings (SSSR count). The van der Waals surface area contributed by atoms with E-state index in [0.717, 1.165) is 18.8 Å². The fraction of sp³-hybridized carbons (Fsp3) is 0.846. The van der Waals surface area contributed by atoms with Gasteiger partial charge in [-0.15, -0.1) is 6.58 Å². The summed E-state index contributed by atoms with van der Waals surface area (Å²) in [6.07, 6.45) is 8.73. The third-order valence-electron chi connectivity index (χ3n) is 3.67. The van der Waals surface area contributed by atoms with E-state index in [1.165, 1.54) is 25.7 Å². The van der Waals surface area contributed by atoms with E-state index >= 15 is 0 Å².